The lowest BCUT2D eigenvalue weighted by atomic mass is 10.2. The van der Waals surface area contributed by atoms with E-state index in [4.69, 9.17) is 4.74 Å². The molecule has 0 spiro atoms. The van der Waals surface area contributed by atoms with E-state index in [1.807, 2.05) is 18.5 Å². The van der Waals surface area contributed by atoms with E-state index in [0.29, 0.717) is 30.7 Å². The van der Waals surface area contributed by atoms with Gasteiger partial charge in [0.25, 0.3) is 5.91 Å². The lowest BCUT2D eigenvalue weighted by Crippen LogP contribution is -2.26. The van der Waals surface area contributed by atoms with Gasteiger partial charge in [-0.15, -0.1) is 0 Å². The van der Waals surface area contributed by atoms with E-state index in [1.54, 1.807) is 12.3 Å². The maximum Gasteiger partial charge on any atom is 0.252 e. The first-order valence-corrected chi connectivity index (χ1v) is 9.23. The van der Waals surface area contributed by atoms with Crippen LogP contribution in [0.5, 0.6) is 0 Å². The fourth-order valence-electron chi connectivity index (χ4n) is 3.03. The molecule has 140 valence electrons. The zero-order valence-electron chi connectivity index (χ0n) is 15.4. The summed E-state index contributed by atoms with van der Waals surface area (Å²) >= 11 is 0. The predicted molar refractivity (Wildman–Crippen MR) is 100 cm³/mol. The van der Waals surface area contributed by atoms with Crippen molar-refractivity contribution in [2.24, 2.45) is 0 Å². The van der Waals surface area contributed by atoms with Crippen LogP contribution < -0.4 is 10.6 Å². The molecule has 26 heavy (non-hydrogen) atoms. The molecule has 1 fully saturated rings. The number of nitrogens with one attached hydrogen (secondary N) is 2. The maximum absolute atomic E-state index is 12.2. The van der Waals surface area contributed by atoms with E-state index in [2.05, 4.69) is 39.0 Å². The summed E-state index contributed by atoms with van der Waals surface area (Å²) in [5.74, 6) is 2.16. The van der Waals surface area contributed by atoms with Crippen LogP contribution in [0.4, 0.5) is 5.82 Å². The molecule has 0 aliphatic carbocycles. The molecule has 2 N–H and O–H groups in total. The van der Waals surface area contributed by atoms with Crippen LogP contribution in [-0.4, -0.2) is 46.2 Å². The summed E-state index contributed by atoms with van der Waals surface area (Å²) in [4.78, 5) is 20.9. The quantitative estimate of drug-likeness (QED) is 0.709. The van der Waals surface area contributed by atoms with Gasteiger partial charge in [-0.05, 0) is 25.0 Å². The third kappa shape index (κ3) is 4.82. The number of ether oxygens (including phenoxy) is 1. The molecule has 0 aromatic carbocycles. The van der Waals surface area contributed by atoms with Gasteiger partial charge in [0.1, 0.15) is 11.6 Å². The van der Waals surface area contributed by atoms with Gasteiger partial charge in [0.05, 0.1) is 18.2 Å². The van der Waals surface area contributed by atoms with Crippen molar-refractivity contribution in [3.8, 4) is 0 Å². The number of pyridine rings is 1. The van der Waals surface area contributed by atoms with Crippen LogP contribution in [-0.2, 0) is 11.3 Å². The van der Waals surface area contributed by atoms with Gasteiger partial charge in [-0.3, -0.25) is 4.79 Å². The number of rotatable bonds is 8. The average molecular weight is 357 g/mol. The lowest BCUT2D eigenvalue weighted by Gasteiger charge is -2.12. The number of imidazole rings is 1. The van der Waals surface area contributed by atoms with E-state index in [-0.39, 0.29) is 5.91 Å². The van der Waals surface area contributed by atoms with Crippen LogP contribution in [0, 0.1) is 0 Å². The highest BCUT2D eigenvalue weighted by atomic mass is 16.5. The predicted octanol–water partition coefficient (Wildman–Crippen LogP) is 2.42. The molecule has 3 rings (SSSR count). The van der Waals surface area contributed by atoms with Gasteiger partial charge in [-0.25, -0.2) is 9.97 Å². The summed E-state index contributed by atoms with van der Waals surface area (Å²) in [5.41, 5.74) is 0.573. The molecule has 1 atom stereocenters. The van der Waals surface area contributed by atoms with Crippen LogP contribution in [0.1, 0.15) is 48.8 Å². The smallest absolute Gasteiger partial charge is 0.252 e. The largest absolute Gasteiger partial charge is 0.379 e. The maximum atomic E-state index is 12.2. The molecule has 1 amide bonds. The number of carbonyl (C=O) groups excluding carboxylic acids is 1. The first-order valence-electron chi connectivity index (χ1n) is 9.23. The summed E-state index contributed by atoms with van der Waals surface area (Å²) in [6.07, 6.45) is 7.27. The van der Waals surface area contributed by atoms with E-state index in [9.17, 15) is 4.79 Å². The number of anilines is 1. The molecule has 3 heterocycles. The Morgan fingerprint density at radius 1 is 1.38 bits per heavy atom. The van der Waals surface area contributed by atoms with Crippen molar-refractivity contribution in [1.29, 1.82) is 0 Å². The lowest BCUT2D eigenvalue weighted by molar-refractivity contribution is 0.0952. The van der Waals surface area contributed by atoms with Gasteiger partial charge in [-0.1, -0.05) is 13.8 Å². The number of aromatic nitrogens is 3. The molecule has 1 aliphatic heterocycles. The fraction of sp³-hybridized carbons (Fsp3) is 0.526. The molecule has 0 saturated carbocycles. The second kappa shape index (κ2) is 8.80. The zero-order valence-corrected chi connectivity index (χ0v) is 15.4. The van der Waals surface area contributed by atoms with Gasteiger partial charge in [-0.2, -0.15) is 0 Å². The number of amides is 1. The SMILES string of the molecule is CC(C)c1nccn1CCCNC(=O)c1ccc(N[C@H]2CCOC2)nc1. The molecule has 7 nitrogen and oxygen atoms in total. The molecule has 0 radical (unpaired) electrons. The molecule has 1 aliphatic rings. The minimum Gasteiger partial charge on any atom is -0.379 e. The van der Waals surface area contributed by atoms with Crippen molar-refractivity contribution in [2.75, 3.05) is 25.1 Å². The number of aryl methyl sites for hydroxylation is 1. The molecule has 2 aromatic rings. The van der Waals surface area contributed by atoms with Crippen LogP contribution in [0.3, 0.4) is 0 Å². The Labute approximate surface area is 154 Å². The average Bonchev–Trinajstić information content (AvgIpc) is 3.31. The number of carbonyl (C=O) groups is 1. The van der Waals surface area contributed by atoms with Crippen LogP contribution in [0.25, 0.3) is 0 Å². The third-order valence-corrected chi connectivity index (χ3v) is 4.43. The molecular formula is C19H27N5O2. The Bertz CT molecular complexity index is 705. The van der Waals surface area contributed by atoms with Crippen molar-refractivity contribution in [1.82, 2.24) is 19.9 Å². The highest BCUT2D eigenvalue weighted by molar-refractivity contribution is 5.94. The Kier molecular flexibility index (Phi) is 6.22. The Hall–Kier alpha value is -2.41. The Balaban J connectivity index is 1.42. The van der Waals surface area contributed by atoms with Crippen molar-refractivity contribution in [3.63, 3.8) is 0 Å². The Morgan fingerprint density at radius 2 is 2.27 bits per heavy atom. The van der Waals surface area contributed by atoms with E-state index in [0.717, 1.165) is 37.6 Å². The van der Waals surface area contributed by atoms with E-state index < -0.39 is 0 Å². The highest BCUT2D eigenvalue weighted by Gasteiger charge is 2.15. The van der Waals surface area contributed by atoms with Gasteiger partial charge in [0, 0.05) is 44.2 Å². The second-order valence-electron chi connectivity index (χ2n) is 6.88. The zero-order chi connectivity index (χ0) is 18.4. The summed E-state index contributed by atoms with van der Waals surface area (Å²) in [5, 5.41) is 6.26. The second-order valence-corrected chi connectivity index (χ2v) is 6.88. The van der Waals surface area contributed by atoms with Gasteiger partial charge < -0.3 is 19.9 Å². The number of hydrogen-bond acceptors (Lipinski definition) is 5. The fourth-order valence-corrected chi connectivity index (χ4v) is 3.03. The van der Waals surface area contributed by atoms with Crippen LogP contribution in [0.2, 0.25) is 0 Å². The van der Waals surface area contributed by atoms with E-state index in [1.165, 1.54) is 0 Å². The monoisotopic (exact) mass is 357 g/mol. The number of nitrogens with zero attached hydrogens (tertiary/aromatic N) is 3. The topological polar surface area (TPSA) is 81.1 Å². The molecule has 7 heteroatoms. The third-order valence-electron chi connectivity index (χ3n) is 4.43. The first-order chi connectivity index (χ1) is 12.6. The minimum absolute atomic E-state index is 0.0945. The number of hydrogen-bond donors (Lipinski definition) is 2. The summed E-state index contributed by atoms with van der Waals surface area (Å²) in [6, 6.07) is 3.95. The van der Waals surface area contributed by atoms with Crippen molar-refractivity contribution in [2.45, 2.75) is 45.2 Å². The molecular weight excluding hydrogens is 330 g/mol. The Morgan fingerprint density at radius 3 is 2.96 bits per heavy atom. The molecule has 0 bridgehead atoms. The van der Waals surface area contributed by atoms with Gasteiger partial charge in [0.2, 0.25) is 0 Å². The standard InChI is InChI=1S/C19H27N5O2/c1-14(2)18-20-8-10-24(18)9-3-7-21-19(25)15-4-5-17(22-12-15)23-16-6-11-26-13-16/h4-5,8,10,12,14,16H,3,6-7,9,11,13H2,1-2H3,(H,21,25)(H,22,23)/t16-/m0/s1. The first kappa shape index (κ1) is 18.4. The molecule has 1 saturated heterocycles. The molecule has 0 unspecified atom stereocenters. The van der Waals surface area contributed by atoms with Gasteiger partial charge in [0.15, 0.2) is 0 Å². The van der Waals surface area contributed by atoms with Crippen molar-refractivity contribution in [3.05, 3.63) is 42.1 Å². The van der Waals surface area contributed by atoms with Crippen molar-refractivity contribution < 1.29 is 9.53 Å². The summed E-state index contributed by atoms with van der Waals surface area (Å²) < 4.78 is 7.48. The van der Waals surface area contributed by atoms with Crippen LogP contribution >= 0.6 is 0 Å². The highest BCUT2D eigenvalue weighted by Crippen LogP contribution is 2.13. The molecule has 2 aromatic heterocycles. The normalized spacial score (nSPS) is 16.8. The summed E-state index contributed by atoms with van der Waals surface area (Å²) in [6.45, 7) is 7.22. The summed E-state index contributed by atoms with van der Waals surface area (Å²) in [7, 11) is 0. The van der Waals surface area contributed by atoms with Crippen molar-refractivity contribution >= 4 is 11.7 Å². The van der Waals surface area contributed by atoms with E-state index >= 15 is 0 Å². The van der Waals surface area contributed by atoms with Crippen LogP contribution in [0.15, 0.2) is 30.7 Å². The minimum atomic E-state index is -0.0945. The van der Waals surface area contributed by atoms with Gasteiger partial charge >= 0.3 is 0 Å².